The van der Waals surface area contributed by atoms with E-state index < -0.39 is 0 Å². The third-order valence-electron chi connectivity index (χ3n) is 4.08. The number of rotatable bonds is 9. The smallest absolute Gasteiger partial charge is 0.257 e. The Morgan fingerprint density at radius 2 is 1.64 bits per heavy atom. The Morgan fingerprint density at radius 1 is 0.929 bits per heavy atom. The molecule has 0 unspecified atom stereocenters. The first-order valence-corrected chi connectivity index (χ1v) is 10.6. The molecular formula is C23H22ClNO2S. The van der Waals surface area contributed by atoms with E-state index in [9.17, 15) is 4.79 Å². The molecule has 1 amide bonds. The zero-order chi connectivity index (χ0) is 19.6. The van der Waals surface area contributed by atoms with Crippen LogP contribution in [-0.4, -0.2) is 24.8 Å². The van der Waals surface area contributed by atoms with Crippen LogP contribution < -0.4 is 10.1 Å². The molecular weight excluding hydrogens is 390 g/mol. The Labute approximate surface area is 175 Å². The number of hydrogen-bond acceptors (Lipinski definition) is 3. The monoisotopic (exact) mass is 411 g/mol. The fraction of sp³-hybridized carbons (Fsp3) is 0.174. The summed E-state index contributed by atoms with van der Waals surface area (Å²) in [4.78, 5) is 12.0. The van der Waals surface area contributed by atoms with Gasteiger partial charge in [-0.2, -0.15) is 11.8 Å². The number of thioether (sulfide) groups is 1. The Balaban J connectivity index is 1.38. The molecule has 5 heteroatoms. The third-order valence-corrected chi connectivity index (χ3v) is 5.40. The number of nitrogens with one attached hydrogen (secondary N) is 1. The topological polar surface area (TPSA) is 38.3 Å². The number of hydrogen-bond donors (Lipinski definition) is 1. The van der Waals surface area contributed by atoms with Crippen LogP contribution in [0.25, 0.3) is 11.1 Å². The second-order valence-corrected chi connectivity index (χ2v) is 7.70. The molecule has 0 aromatic heterocycles. The molecule has 0 aliphatic heterocycles. The molecule has 3 rings (SSSR count). The fourth-order valence-electron chi connectivity index (χ4n) is 2.65. The SMILES string of the molecule is O=C(COc1ccc(-c2ccccc2)cc1Cl)NCCSCc1ccccc1. The Morgan fingerprint density at radius 3 is 2.36 bits per heavy atom. The lowest BCUT2D eigenvalue weighted by Crippen LogP contribution is -2.30. The van der Waals surface area contributed by atoms with Crippen molar-refractivity contribution < 1.29 is 9.53 Å². The molecule has 3 aromatic carbocycles. The molecule has 0 bridgehead atoms. The molecule has 0 fully saturated rings. The molecule has 0 spiro atoms. The molecule has 1 N–H and O–H groups in total. The third kappa shape index (κ3) is 6.32. The van der Waals surface area contributed by atoms with E-state index >= 15 is 0 Å². The molecule has 0 saturated carbocycles. The van der Waals surface area contributed by atoms with E-state index in [1.807, 2.05) is 60.7 Å². The summed E-state index contributed by atoms with van der Waals surface area (Å²) >= 11 is 8.09. The van der Waals surface area contributed by atoms with Gasteiger partial charge in [-0.1, -0.05) is 78.3 Å². The molecule has 0 saturated heterocycles. The van der Waals surface area contributed by atoms with Crippen molar-refractivity contribution in [2.45, 2.75) is 5.75 Å². The van der Waals surface area contributed by atoms with Gasteiger partial charge in [-0.15, -0.1) is 0 Å². The maximum Gasteiger partial charge on any atom is 0.257 e. The van der Waals surface area contributed by atoms with Gasteiger partial charge in [0.1, 0.15) is 5.75 Å². The van der Waals surface area contributed by atoms with E-state index in [1.54, 1.807) is 17.8 Å². The molecule has 3 aromatic rings. The summed E-state index contributed by atoms with van der Waals surface area (Å²) in [5.74, 6) is 2.16. The Hall–Kier alpha value is -2.43. The summed E-state index contributed by atoms with van der Waals surface area (Å²) in [5.41, 5.74) is 3.38. The van der Waals surface area contributed by atoms with E-state index in [2.05, 4.69) is 17.4 Å². The van der Waals surface area contributed by atoms with E-state index in [0.29, 0.717) is 17.3 Å². The highest BCUT2D eigenvalue weighted by Gasteiger charge is 2.07. The minimum atomic E-state index is -0.150. The summed E-state index contributed by atoms with van der Waals surface area (Å²) in [6, 6.07) is 25.9. The molecule has 0 heterocycles. The van der Waals surface area contributed by atoms with E-state index in [0.717, 1.165) is 22.6 Å². The Kier molecular flexibility index (Phi) is 7.82. The molecule has 144 valence electrons. The summed E-state index contributed by atoms with van der Waals surface area (Å²) < 4.78 is 5.57. The second kappa shape index (κ2) is 10.8. The largest absolute Gasteiger partial charge is 0.482 e. The van der Waals surface area contributed by atoms with Gasteiger partial charge < -0.3 is 10.1 Å². The summed E-state index contributed by atoms with van der Waals surface area (Å²) in [7, 11) is 0. The van der Waals surface area contributed by atoms with Crippen molar-refractivity contribution in [2.75, 3.05) is 18.9 Å². The van der Waals surface area contributed by atoms with Crippen LogP contribution in [0.4, 0.5) is 0 Å². The standard InChI is InChI=1S/C23H22ClNO2S/c24-21-15-20(19-9-5-2-6-10-19)11-12-22(21)27-16-23(26)25-13-14-28-17-18-7-3-1-4-8-18/h1-12,15H,13-14,16-17H2,(H,25,26). The first-order chi connectivity index (χ1) is 13.7. The van der Waals surface area contributed by atoms with Gasteiger partial charge in [0.05, 0.1) is 5.02 Å². The van der Waals surface area contributed by atoms with Crippen LogP contribution in [0, 0.1) is 0 Å². The predicted octanol–water partition coefficient (Wildman–Crippen LogP) is 5.44. The zero-order valence-corrected chi connectivity index (χ0v) is 17.0. The number of carbonyl (C=O) groups excluding carboxylic acids is 1. The first-order valence-electron chi connectivity index (χ1n) is 9.08. The van der Waals surface area contributed by atoms with Crippen LogP contribution in [0.15, 0.2) is 78.9 Å². The van der Waals surface area contributed by atoms with Crippen LogP contribution in [0.2, 0.25) is 5.02 Å². The summed E-state index contributed by atoms with van der Waals surface area (Å²) in [6.07, 6.45) is 0. The molecule has 0 aliphatic rings. The minimum absolute atomic E-state index is 0.0479. The Bertz CT molecular complexity index is 888. The molecule has 0 atom stereocenters. The van der Waals surface area contributed by atoms with Crippen LogP contribution in [0.3, 0.4) is 0 Å². The van der Waals surface area contributed by atoms with Gasteiger partial charge in [-0.3, -0.25) is 4.79 Å². The van der Waals surface area contributed by atoms with Gasteiger partial charge in [0.25, 0.3) is 5.91 Å². The lowest BCUT2D eigenvalue weighted by atomic mass is 10.1. The average molecular weight is 412 g/mol. The van der Waals surface area contributed by atoms with E-state index in [4.69, 9.17) is 16.3 Å². The van der Waals surface area contributed by atoms with Crippen LogP contribution in [0.5, 0.6) is 5.75 Å². The van der Waals surface area contributed by atoms with Crippen molar-refractivity contribution in [3.63, 3.8) is 0 Å². The number of ether oxygens (including phenoxy) is 1. The van der Waals surface area contributed by atoms with Crippen molar-refractivity contribution in [2.24, 2.45) is 0 Å². The lowest BCUT2D eigenvalue weighted by molar-refractivity contribution is -0.122. The maximum atomic E-state index is 12.0. The van der Waals surface area contributed by atoms with E-state index in [-0.39, 0.29) is 12.5 Å². The normalized spacial score (nSPS) is 10.5. The summed E-state index contributed by atoms with van der Waals surface area (Å²) in [6.45, 7) is 0.564. The van der Waals surface area contributed by atoms with Crippen LogP contribution in [-0.2, 0) is 10.5 Å². The number of halogens is 1. The fourth-order valence-corrected chi connectivity index (χ4v) is 3.70. The predicted molar refractivity (Wildman–Crippen MR) is 118 cm³/mol. The van der Waals surface area contributed by atoms with Crippen molar-refractivity contribution in [3.05, 3.63) is 89.4 Å². The highest BCUT2D eigenvalue weighted by atomic mass is 35.5. The zero-order valence-electron chi connectivity index (χ0n) is 15.4. The second-order valence-electron chi connectivity index (χ2n) is 6.19. The van der Waals surface area contributed by atoms with Gasteiger partial charge in [-0.25, -0.2) is 0 Å². The number of carbonyl (C=O) groups is 1. The van der Waals surface area contributed by atoms with Gasteiger partial charge in [0.2, 0.25) is 0 Å². The molecule has 3 nitrogen and oxygen atoms in total. The summed E-state index contributed by atoms with van der Waals surface area (Å²) in [5, 5.41) is 3.36. The van der Waals surface area contributed by atoms with Gasteiger partial charge >= 0.3 is 0 Å². The molecule has 0 aliphatic carbocycles. The lowest BCUT2D eigenvalue weighted by Gasteiger charge is -2.10. The van der Waals surface area contributed by atoms with Crippen molar-refractivity contribution in [3.8, 4) is 16.9 Å². The van der Waals surface area contributed by atoms with Crippen molar-refractivity contribution >= 4 is 29.3 Å². The van der Waals surface area contributed by atoms with Gasteiger partial charge in [-0.05, 0) is 28.8 Å². The first kappa shape index (κ1) is 20.3. The van der Waals surface area contributed by atoms with Gasteiger partial charge in [0.15, 0.2) is 6.61 Å². The van der Waals surface area contributed by atoms with Crippen molar-refractivity contribution in [1.29, 1.82) is 0 Å². The van der Waals surface area contributed by atoms with Crippen LogP contribution in [0.1, 0.15) is 5.56 Å². The van der Waals surface area contributed by atoms with Gasteiger partial charge in [0, 0.05) is 18.1 Å². The highest BCUT2D eigenvalue weighted by molar-refractivity contribution is 7.98. The van der Waals surface area contributed by atoms with Crippen LogP contribution >= 0.6 is 23.4 Å². The number of amides is 1. The molecule has 0 radical (unpaired) electrons. The minimum Gasteiger partial charge on any atom is -0.482 e. The quantitative estimate of drug-likeness (QED) is 0.477. The molecule has 28 heavy (non-hydrogen) atoms. The van der Waals surface area contributed by atoms with Crippen molar-refractivity contribution in [1.82, 2.24) is 5.32 Å². The number of benzene rings is 3. The van der Waals surface area contributed by atoms with E-state index in [1.165, 1.54) is 5.56 Å². The average Bonchev–Trinajstić information content (AvgIpc) is 2.74. The highest BCUT2D eigenvalue weighted by Crippen LogP contribution is 2.30. The maximum absolute atomic E-state index is 12.0.